The SMILES string of the molecule is CCS(=O)(=O)CCCNCC1CCN(C)C1. The van der Waals surface area contributed by atoms with Gasteiger partial charge in [0.25, 0.3) is 0 Å². The van der Waals surface area contributed by atoms with Crippen molar-refractivity contribution in [1.82, 2.24) is 10.2 Å². The van der Waals surface area contributed by atoms with E-state index in [2.05, 4.69) is 17.3 Å². The number of nitrogens with one attached hydrogen (secondary N) is 1. The average Bonchev–Trinajstić information content (AvgIpc) is 2.64. The van der Waals surface area contributed by atoms with E-state index in [9.17, 15) is 8.42 Å². The van der Waals surface area contributed by atoms with Gasteiger partial charge in [-0.15, -0.1) is 0 Å². The third-order valence-electron chi connectivity index (χ3n) is 3.17. The number of rotatable bonds is 7. The maximum Gasteiger partial charge on any atom is 0.150 e. The zero-order chi connectivity index (χ0) is 12.0. The molecule has 1 aliphatic rings. The van der Waals surface area contributed by atoms with Crippen molar-refractivity contribution in [2.45, 2.75) is 19.8 Å². The van der Waals surface area contributed by atoms with Crippen molar-refractivity contribution in [2.24, 2.45) is 5.92 Å². The Balaban J connectivity index is 2.00. The number of hydrogen-bond donors (Lipinski definition) is 1. The second kappa shape index (κ2) is 6.57. The van der Waals surface area contributed by atoms with E-state index in [1.165, 1.54) is 19.5 Å². The van der Waals surface area contributed by atoms with Crippen LogP contribution in [0.25, 0.3) is 0 Å². The van der Waals surface area contributed by atoms with Gasteiger partial charge in [0.2, 0.25) is 0 Å². The van der Waals surface area contributed by atoms with Gasteiger partial charge in [-0.2, -0.15) is 0 Å². The molecule has 96 valence electrons. The second-order valence-corrected chi connectivity index (χ2v) is 7.18. The van der Waals surface area contributed by atoms with Crippen LogP contribution in [-0.4, -0.2) is 58.1 Å². The highest BCUT2D eigenvalue weighted by Crippen LogP contribution is 2.12. The molecule has 1 aliphatic heterocycles. The summed E-state index contributed by atoms with van der Waals surface area (Å²) in [6.07, 6.45) is 2.00. The first-order chi connectivity index (χ1) is 7.53. The van der Waals surface area contributed by atoms with Crippen molar-refractivity contribution in [3.05, 3.63) is 0 Å². The highest BCUT2D eigenvalue weighted by atomic mass is 32.2. The fourth-order valence-electron chi connectivity index (χ4n) is 2.06. The molecule has 0 radical (unpaired) electrons. The van der Waals surface area contributed by atoms with E-state index in [-0.39, 0.29) is 5.75 Å². The van der Waals surface area contributed by atoms with Gasteiger partial charge in [0.1, 0.15) is 9.84 Å². The molecule has 0 aromatic heterocycles. The zero-order valence-corrected chi connectivity index (χ0v) is 11.2. The van der Waals surface area contributed by atoms with Gasteiger partial charge in [0.15, 0.2) is 0 Å². The van der Waals surface area contributed by atoms with Crippen LogP contribution in [0.4, 0.5) is 0 Å². The summed E-state index contributed by atoms with van der Waals surface area (Å²) in [4.78, 5) is 2.34. The standard InChI is InChI=1S/C11H24N2O2S/c1-3-16(14,15)8-4-6-12-9-11-5-7-13(2)10-11/h11-12H,3-10H2,1-2H3. The van der Waals surface area contributed by atoms with Crippen LogP contribution < -0.4 is 5.32 Å². The molecular formula is C11H24N2O2S. The van der Waals surface area contributed by atoms with Gasteiger partial charge in [-0.1, -0.05) is 6.92 Å². The first-order valence-electron chi connectivity index (χ1n) is 6.13. The fourth-order valence-corrected chi connectivity index (χ4v) is 2.93. The van der Waals surface area contributed by atoms with Gasteiger partial charge < -0.3 is 10.2 Å². The van der Waals surface area contributed by atoms with Crippen molar-refractivity contribution in [3.8, 4) is 0 Å². The minimum absolute atomic E-state index is 0.264. The lowest BCUT2D eigenvalue weighted by Gasteiger charge is -2.11. The second-order valence-electron chi connectivity index (χ2n) is 4.71. The Hall–Kier alpha value is -0.130. The smallest absolute Gasteiger partial charge is 0.150 e. The lowest BCUT2D eigenvalue weighted by molar-refractivity contribution is 0.388. The third kappa shape index (κ3) is 5.27. The highest BCUT2D eigenvalue weighted by Gasteiger charge is 2.18. The van der Waals surface area contributed by atoms with Crippen LogP contribution in [0.2, 0.25) is 0 Å². The monoisotopic (exact) mass is 248 g/mol. The summed E-state index contributed by atoms with van der Waals surface area (Å²) in [7, 11) is -0.629. The molecule has 5 heteroatoms. The Bertz CT molecular complexity index is 290. The summed E-state index contributed by atoms with van der Waals surface area (Å²) in [5, 5.41) is 3.35. The molecule has 1 atom stereocenters. The Labute approximate surface area is 99.3 Å². The van der Waals surface area contributed by atoms with Gasteiger partial charge in [0.05, 0.1) is 5.75 Å². The predicted molar refractivity (Wildman–Crippen MR) is 67.4 cm³/mol. The summed E-state index contributed by atoms with van der Waals surface area (Å²) < 4.78 is 22.5. The number of nitrogens with zero attached hydrogens (tertiary/aromatic N) is 1. The zero-order valence-electron chi connectivity index (χ0n) is 10.4. The Morgan fingerprint density at radius 3 is 2.75 bits per heavy atom. The normalized spacial score (nSPS) is 22.8. The molecule has 1 saturated heterocycles. The molecule has 0 aromatic carbocycles. The maximum absolute atomic E-state index is 11.2. The number of sulfone groups is 1. The van der Waals surface area contributed by atoms with Crippen LogP contribution in [0.5, 0.6) is 0 Å². The summed E-state index contributed by atoms with van der Waals surface area (Å²) in [6.45, 7) is 5.91. The summed E-state index contributed by atoms with van der Waals surface area (Å²) >= 11 is 0. The number of hydrogen-bond acceptors (Lipinski definition) is 4. The summed E-state index contributed by atoms with van der Waals surface area (Å²) in [5.74, 6) is 1.33. The first kappa shape index (κ1) is 13.9. The molecule has 1 unspecified atom stereocenters. The van der Waals surface area contributed by atoms with Crippen LogP contribution in [-0.2, 0) is 9.84 Å². The van der Waals surface area contributed by atoms with Crippen LogP contribution in [0.15, 0.2) is 0 Å². The van der Waals surface area contributed by atoms with Crippen LogP contribution in [0, 0.1) is 5.92 Å². The van der Waals surface area contributed by atoms with Crippen molar-refractivity contribution in [1.29, 1.82) is 0 Å². The molecule has 0 saturated carbocycles. The Kier molecular flexibility index (Phi) is 5.72. The fraction of sp³-hybridized carbons (Fsp3) is 1.00. The van der Waals surface area contributed by atoms with Gasteiger partial charge in [0, 0.05) is 12.3 Å². The number of likely N-dealkylation sites (tertiary alicyclic amines) is 1. The third-order valence-corrected chi connectivity index (χ3v) is 4.96. The van der Waals surface area contributed by atoms with E-state index in [1.807, 2.05) is 0 Å². The van der Waals surface area contributed by atoms with Crippen molar-refractivity contribution < 1.29 is 8.42 Å². The maximum atomic E-state index is 11.2. The summed E-state index contributed by atoms with van der Waals surface area (Å²) in [5.41, 5.74) is 0. The molecule has 0 aromatic rings. The lowest BCUT2D eigenvalue weighted by Crippen LogP contribution is -2.27. The molecule has 0 amide bonds. The predicted octanol–water partition coefficient (Wildman–Crippen LogP) is 0.353. The van der Waals surface area contributed by atoms with Crippen LogP contribution in [0.1, 0.15) is 19.8 Å². The Morgan fingerprint density at radius 1 is 1.44 bits per heavy atom. The van der Waals surface area contributed by atoms with E-state index in [1.54, 1.807) is 6.92 Å². The van der Waals surface area contributed by atoms with Gasteiger partial charge in [-0.05, 0) is 45.4 Å². The molecule has 0 spiro atoms. The topological polar surface area (TPSA) is 49.4 Å². The quantitative estimate of drug-likeness (QED) is 0.661. The van der Waals surface area contributed by atoms with E-state index in [0.29, 0.717) is 5.75 Å². The molecule has 0 aliphatic carbocycles. The Morgan fingerprint density at radius 2 is 2.19 bits per heavy atom. The van der Waals surface area contributed by atoms with Crippen molar-refractivity contribution in [2.75, 3.05) is 44.7 Å². The minimum atomic E-state index is -2.78. The molecular weight excluding hydrogens is 224 g/mol. The molecule has 1 heterocycles. The first-order valence-corrected chi connectivity index (χ1v) is 7.95. The van der Waals surface area contributed by atoms with Crippen molar-refractivity contribution in [3.63, 3.8) is 0 Å². The van der Waals surface area contributed by atoms with E-state index in [4.69, 9.17) is 0 Å². The highest BCUT2D eigenvalue weighted by molar-refractivity contribution is 7.91. The van der Waals surface area contributed by atoms with Crippen molar-refractivity contribution >= 4 is 9.84 Å². The summed E-state index contributed by atoms with van der Waals surface area (Å²) in [6, 6.07) is 0. The average molecular weight is 248 g/mol. The molecule has 1 N–H and O–H groups in total. The molecule has 1 fully saturated rings. The van der Waals surface area contributed by atoms with Crippen LogP contribution in [0.3, 0.4) is 0 Å². The molecule has 4 nitrogen and oxygen atoms in total. The van der Waals surface area contributed by atoms with Crippen LogP contribution >= 0.6 is 0 Å². The lowest BCUT2D eigenvalue weighted by atomic mass is 10.1. The molecule has 0 bridgehead atoms. The van der Waals surface area contributed by atoms with E-state index in [0.717, 1.165) is 25.4 Å². The van der Waals surface area contributed by atoms with E-state index < -0.39 is 9.84 Å². The minimum Gasteiger partial charge on any atom is -0.316 e. The van der Waals surface area contributed by atoms with Gasteiger partial charge in [-0.3, -0.25) is 0 Å². The van der Waals surface area contributed by atoms with Gasteiger partial charge in [-0.25, -0.2) is 8.42 Å². The molecule has 16 heavy (non-hydrogen) atoms. The largest absolute Gasteiger partial charge is 0.316 e. The van der Waals surface area contributed by atoms with Gasteiger partial charge >= 0.3 is 0 Å². The molecule has 1 rings (SSSR count). The van der Waals surface area contributed by atoms with E-state index >= 15 is 0 Å².